The van der Waals surface area contributed by atoms with Gasteiger partial charge in [0.15, 0.2) is 5.75 Å². The first-order valence-electron chi connectivity index (χ1n) is 9.67. The van der Waals surface area contributed by atoms with E-state index >= 15 is 0 Å². The van der Waals surface area contributed by atoms with Crippen molar-refractivity contribution in [2.45, 2.75) is 38.0 Å². The van der Waals surface area contributed by atoms with Crippen LogP contribution in [0, 0.1) is 0 Å². The van der Waals surface area contributed by atoms with Crippen molar-refractivity contribution < 1.29 is 4.74 Å². The fourth-order valence-corrected chi connectivity index (χ4v) is 4.91. The molecule has 1 saturated carbocycles. The van der Waals surface area contributed by atoms with Crippen molar-refractivity contribution in [3.63, 3.8) is 0 Å². The Bertz CT molecular complexity index is 1110. The highest BCUT2D eigenvalue weighted by Crippen LogP contribution is 2.34. The second-order valence-electron chi connectivity index (χ2n) is 7.20. The van der Waals surface area contributed by atoms with Crippen LogP contribution in [-0.2, 0) is 0 Å². The van der Waals surface area contributed by atoms with Gasteiger partial charge in [-0.2, -0.15) is 9.78 Å². The number of halogens is 2. The molecule has 1 aliphatic rings. The monoisotopic (exact) mass is 473 g/mol. The molecule has 4 rings (SSSR count). The number of benzene rings is 2. The number of aromatic nitrogens is 2. The molecule has 0 atom stereocenters. The van der Waals surface area contributed by atoms with Gasteiger partial charge < -0.3 is 4.74 Å². The summed E-state index contributed by atoms with van der Waals surface area (Å²) in [4.78, 5) is 18.0. The molecule has 2 aromatic carbocycles. The van der Waals surface area contributed by atoms with E-state index in [-0.39, 0.29) is 11.5 Å². The Kier molecular flexibility index (Phi) is 6.01. The van der Waals surface area contributed by atoms with Gasteiger partial charge in [-0.15, -0.1) is 0 Å². The van der Waals surface area contributed by atoms with Crippen molar-refractivity contribution in [2.24, 2.45) is 5.10 Å². The summed E-state index contributed by atoms with van der Waals surface area (Å²) in [6.45, 7) is 0. The van der Waals surface area contributed by atoms with Crippen LogP contribution in [0.5, 0.6) is 5.75 Å². The van der Waals surface area contributed by atoms with Gasteiger partial charge in [0.1, 0.15) is 5.82 Å². The average molecular weight is 475 g/mol. The summed E-state index contributed by atoms with van der Waals surface area (Å²) < 4.78 is 7.46. The molecule has 0 N–H and O–H groups in total. The van der Waals surface area contributed by atoms with Gasteiger partial charge in [0.05, 0.1) is 33.7 Å². The third kappa shape index (κ3) is 4.09. The van der Waals surface area contributed by atoms with Crippen molar-refractivity contribution in [3.8, 4) is 5.75 Å². The van der Waals surface area contributed by atoms with Crippen molar-refractivity contribution >= 4 is 44.6 Å². The second-order valence-corrected chi connectivity index (χ2v) is 8.46. The second kappa shape index (κ2) is 8.67. The molecule has 150 valence electrons. The van der Waals surface area contributed by atoms with Crippen LogP contribution in [0.25, 0.3) is 10.9 Å². The lowest BCUT2D eigenvalue weighted by atomic mass is 9.88. The van der Waals surface area contributed by atoms with Crippen molar-refractivity contribution in [1.82, 2.24) is 9.66 Å². The smallest absolute Gasteiger partial charge is 0.282 e. The first-order chi connectivity index (χ1) is 14.1. The molecule has 0 unspecified atom stereocenters. The molecule has 0 spiro atoms. The van der Waals surface area contributed by atoms with Crippen LogP contribution >= 0.6 is 27.5 Å². The Morgan fingerprint density at radius 2 is 2.00 bits per heavy atom. The third-order valence-corrected chi connectivity index (χ3v) is 6.17. The van der Waals surface area contributed by atoms with Crippen molar-refractivity contribution in [1.29, 1.82) is 0 Å². The van der Waals surface area contributed by atoms with Gasteiger partial charge in [-0.1, -0.05) is 43.0 Å². The normalized spacial score (nSPS) is 15.3. The fraction of sp³-hybridized carbons (Fsp3) is 0.318. The lowest BCUT2D eigenvalue weighted by molar-refractivity contribution is 0.412. The first-order valence-corrected chi connectivity index (χ1v) is 10.8. The highest BCUT2D eigenvalue weighted by molar-refractivity contribution is 9.10. The number of ether oxygens (including phenoxy) is 1. The topological polar surface area (TPSA) is 56.5 Å². The SMILES string of the molecule is COc1c(Cl)cc(C=Nn2c(C3CCCCC3)nc3ccccc3c2=O)cc1Br. The maximum Gasteiger partial charge on any atom is 0.282 e. The molecule has 5 nitrogen and oxygen atoms in total. The van der Waals surface area contributed by atoms with E-state index < -0.39 is 0 Å². The van der Waals surface area contributed by atoms with E-state index in [1.54, 1.807) is 25.5 Å². The van der Waals surface area contributed by atoms with Crippen molar-refractivity contribution in [2.75, 3.05) is 7.11 Å². The minimum atomic E-state index is -0.147. The van der Waals surface area contributed by atoms with E-state index in [9.17, 15) is 4.79 Å². The summed E-state index contributed by atoms with van der Waals surface area (Å²) in [5.74, 6) is 1.55. The summed E-state index contributed by atoms with van der Waals surface area (Å²) in [5.41, 5.74) is 1.34. The molecule has 0 aliphatic heterocycles. The fourth-order valence-electron chi connectivity index (χ4n) is 3.85. The summed E-state index contributed by atoms with van der Waals surface area (Å²) in [7, 11) is 1.57. The number of hydrogen-bond acceptors (Lipinski definition) is 4. The molecule has 3 aromatic rings. The molecule has 0 radical (unpaired) electrons. The van der Waals surface area contributed by atoms with Crippen LogP contribution < -0.4 is 10.3 Å². The van der Waals surface area contributed by atoms with Crippen LogP contribution in [0.1, 0.15) is 49.4 Å². The number of fused-ring (bicyclic) bond motifs is 1. The number of nitrogens with zero attached hydrogens (tertiary/aromatic N) is 3. The highest BCUT2D eigenvalue weighted by Gasteiger charge is 2.22. The van der Waals surface area contributed by atoms with Gasteiger partial charge in [-0.05, 0) is 58.6 Å². The predicted molar refractivity (Wildman–Crippen MR) is 121 cm³/mol. The van der Waals surface area contributed by atoms with Gasteiger partial charge in [0, 0.05) is 5.92 Å². The number of methoxy groups -OCH3 is 1. The minimum absolute atomic E-state index is 0.147. The van der Waals surface area contributed by atoms with E-state index in [2.05, 4.69) is 21.0 Å². The first kappa shape index (κ1) is 20.1. The van der Waals surface area contributed by atoms with Crippen LogP contribution in [0.4, 0.5) is 0 Å². The molecule has 0 saturated heterocycles. The third-order valence-electron chi connectivity index (χ3n) is 5.30. The zero-order valence-corrected chi connectivity index (χ0v) is 18.4. The number of rotatable bonds is 4. The van der Waals surface area contributed by atoms with E-state index in [4.69, 9.17) is 21.3 Å². The highest BCUT2D eigenvalue weighted by atomic mass is 79.9. The Labute approximate surface area is 182 Å². The van der Waals surface area contributed by atoms with E-state index in [1.165, 1.54) is 11.1 Å². The average Bonchev–Trinajstić information content (AvgIpc) is 2.73. The van der Waals surface area contributed by atoms with E-state index in [1.807, 2.05) is 24.3 Å². The molecule has 1 heterocycles. The van der Waals surface area contributed by atoms with Crippen LogP contribution in [-0.4, -0.2) is 23.0 Å². The Balaban J connectivity index is 1.82. The van der Waals surface area contributed by atoms with Gasteiger partial charge in [-0.25, -0.2) is 4.98 Å². The molecule has 29 heavy (non-hydrogen) atoms. The summed E-state index contributed by atoms with van der Waals surface area (Å²) >= 11 is 9.74. The predicted octanol–water partition coefficient (Wildman–Crippen LogP) is 5.75. The van der Waals surface area contributed by atoms with Crippen LogP contribution in [0.3, 0.4) is 0 Å². The van der Waals surface area contributed by atoms with E-state index in [0.29, 0.717) is 16.2 Å². The lowest BCUT2D eigenvalue weighted by Crippen LogP contribution is -2.25. The molecular formula is C22H21BrClN3O2. The quantitative estimate of drug-likeness (QED) is 0.452. The maximum atomic E-state index is 13.2. The minimum Gasteiger partial charge on any atom is -0.494 e. The van der Waals surface area contributed by atoms with Crippen LogP contribution in [0.15, 0.2) is 50.8 Å². The number of hydrogen-bond donors (Lipinski definition) is 0. The van der Waals surface area contributed by atoms with Gasteiger partial charge in [0.2, 0.25) is 0 Å². The lowest BCUT2D eigenvalue weighted by Gasteiger charge is -2.22. The summed E-state index contributed by atoms with van der Waals surface area (Å²) in [6.07, 6.45) is 7.23. The molecule has 0 bridgehead atoms. The molecule has 1 aromatic heterocycles. The molecule has 0 amide bonds. The Morgan fingerprint density at radius 1 is 1.24 bits per heavy atom. The van der Waals surface area contributed by atoms with Gasteiger partial charge in [-0.3, -0.25) is 4.79 Å². The van der Waals surface area contributed by atoms with Crippen molar-refractivity contribution in [3.05, 3.63) is 67.6 Å². The zero-order chi connectivity index (χ0) is 20.4. The zero-order valence-electron chi connectivity index (χ0n) is 16.1. The number of para-hydroxylation sites is 1. The molecule has 1 fully saturated rings. The summed E-state index contributed by atoms with van der Waals surface area (Å²) in [5, 5.41) is 5.58. The van der Waals surface area contributed by atoms with E-state index in [0.717, 1.165) is 47.1 Å². The van der Waals surface area contributed by atoms with Gasteiger partial charge >= 0.3 is 0 Å². The standard InChI is InChI=1S/C22H21BrClN3O2/c1-29-20-17(23)11-14(12-18(20)24)13-25-27-21(15-7-3-2-4-8-15)26-19-10-6-5-9-16(19)22(27)28/h5-6,9-13,15H,2-4,7-8H2,1H3. The largest absolute Gasteiger partial charge is 0.494 e. The molecular weight excluding hydrogens is 454 g/mol. The maximum absolute atomic E-state index is 13.2. The Morgan fingerprint density at radius 3 is 2.72 bits per heavy atom. The molecule has 1 aliphatic carbocycles. The van der Waals surface area contributed by atoms with Gasteiger partial charge in [0.25, 0.3) is 5.56 Å². The summed E-state index contributed by atoms with van der Waals surface area (Å²) in [6, 6.07) is 11.0. The Hall–Kier alpha value is -2.18. The van der Waals surface area contributed by atoms with Crippen LogP contribution in [0.2, 0.25) is 5.02 Å². The molecule has 7 heteroatoms.